The molecule has 4 nitrogen and oxygen atoms in total. The highest BCUT2D eigenvalue weighted by Crippen LogP contribution is 2.31. The lowest BCUT2D eigenvalue weighted by atomic mass is 9.83. The molecule has 0 spiro atoms. The lowest BCUT2D eigenvalue weighted by Crippen LogP contribution is -2.45. The van der Waals surface area contributed by atoms with Crippen molar-refractivity contribution in [1.82, 2.24) is 0 Å². The zero-order chi connectivity index (χ0) is 10.9. The summed E-state index contributed by atoms with van der Waals surface area (Å²) in [6, 6.07) is 0. The SMILES string of the molecule is CC1CC(C(O)C(=O)O)OC(C)C1C. The van der Waals surface area contributed by atoms with Gasteiger partial charge in [0, 0.05) is 0 Å². The number of carboxylic acid groups (broad SMARTS) is 1. The van der Waals surface area contributed by atoms with E-state index in [1.54, 1.807) is 0 Å². The highest BCUT2D eigenvalue weighted by Gasteiger charge is 2.37. The number of rotatable bonds is 2. The highest BCUT2D eigenvalue weighted by atomic mass is 16.5. The Balaban J connectivity index is 2.62. The predicted octanol–water partition coefficient (Wildman–Crippen LogP) is 0.881. The first-order valence-electron chi connectivity index (χ1n) is 4.99. The Bertz CT molecular complexity index is 204. The van der Waals surface area contributed by atoms with Crippen LogP contribution in [0.15, 0.2) is 0 Å². The molecule has 0 saturated carbocycles. The van der Waals surface area contributed by atoms with Crippen LogP contribution in [-0.4, -0.2) is 34.5 Å². The lowest BCUT2D eigenvalue weighted by Gasteiger charge is -2.38. The minimum absolute atomic E-state index is 0.0118. The molecule has 1 saturated heterocycles. The monoisotopic (exact) mass is 202 g/mol. The van der Waals surface area contributed by atoms with Gasteiger partial charge in [-0.05, 0) is 25.2 Å². The third-order valence-corrected chi connectivity index (χ3v) is 3.24. The Morgan fingerprint density at radius 3 is 2.43 bits per heavy atom. The second kappa shape index (κ2) is 4.28. The summed E-state index contributed by atoms with van der Waals surface area (Å²) in [6.07, 6.45) is -1.34. The third-order valence-electron chi connectivity index (χ3n) is 3.24. The average Bonchev–Trinajstić information content (AvgIpc) is 2.12. The van der Waals surface area contributed by atoms with Gasteiger partial charge in [-0.3, -0.25) is 0 Å². The van der Waals surface area contributed by atoms with Crippen LogP contribution in [0.4, 0.5) is 0 Å². The van der Waals surface area contributed by atoms with Crippen LogP contribution < -0.4 is 0 Å². The van der Waals surface area contributed by atoms with Gasteiger partial charge in [0.25, 0.3) is 0 Å². The Labute approximate surface area is 83.9 Å². The van der Waals surface area contributed by atoms with E-state index in [0.29, 0.717) is 18.3 Å². The number of hydrogen-bond acceptors (Lipinski definition) is 3. The van der Waals surface area contributed by atoms with Crippen LogP contribution in [0.5, 0.6) is 0 Å². The fourth-order valence-corrected chi connectivity index (χ4v) is 1.86. The summed E-state index contributed by atoms with van der Waals surface area (Å²) in [4.78, 5) is 10.6. The molecule has 0 aliphatic carbocycles. The zero-order valence-electron chi connectivity index (χ0n) is 8.80. The number of carbonyl (C=O) groups is 1. The third kappa shape index (κ3) is 2.25. The molecule has 14 heavy (non-hydrogen) atoms. The van der Waals surface area contributed by atoms with Crippen molar-refractivity contribution in [3.05, 3.63) is 0 Å². The summed E-state index contributed by atoms with van der Waals surface area (Å²) in [5, 5.41) is 18.0. The van der Waals surface area contributed by atoms with Crippen LogP contribution in [0.2, 0.25) is 0 Å². The minimum Gasteiger partial charge on any atom is -0.479 e. The van der Waals surface area contributed by atoms with E-state index in [4.69, 9.17) is 9.84 Å². The molecule has 1 fully saturated rings. The minimum atomic E-state index is -1.40. The Hall–Kier alpha value is -0.610. The summed E-state index contributed by atoms with van der Waals surface area (Å²) >= 11 is 0. The maximum absolute atomic E-state index is 10.6. The van der Waals surface area contributed by atoms with E-state index in [1.807, 2.05) is 6.92 Å². The van der Waals surface area contributed by atoms with E-state index in [1.165, 1.54) is 0 Å². The van der Waals surface area contributed by atoms with Crippen LogP contribution in [0, 0.1) is 11.8 Å². The van der Waals surface area contributed by atoms with E-state index >= 15 is 0 Å². The van der Waals surface area contributed by atoms with Crippen molar-refractivity contribution in [2.75, 3.05) is 0 Å². The summed E-state index contributed by atoms with van der Waals surface area (Å²) in [7, 11) is 0. The van der Waals surface area contributed by atoms with E-state index in [-0.39, 0.29) is 6.10 Å². The van der Waals surface area contributed by atoms with E-state index in [0.717, 1.165) is 0 Å². The highest BCUT2D eigenvalue weighted by molar-refractivity contribution is 5.72. The summed E-state index contributed by atoms with van der Waals surface area (Å²) in [5.41, 5.74) is 0. The predicted molar refractivity (Wildman–Crippen MR) is 50.9 cm³/mol. The molecule has 1 heterocycles. The zero-order valence-corrected chi connectivity index (χ0v) is 8.80. The van der Waals surface area contributed by atoms with Crippen molar-refractivity contribution in [1.29, 1.82) is 0 Å². The van der Waals surface area contributed by atoms with Gasteiger partial charge in [0.15, 0.2) is 6.10 Å². The molecule has 2 N–H and O–H groups in total. The summed E-state index contributed by atoms with van der Waals surface area (Å²) in [5.74, 6) is -0.408. The maximum atomic E-state index is 10.6. The number of hydrogen-bond donors (Lipinski definition) is 2. The van der Waals surface area contributed by atoms with Gasteiger partial charge in [0.2, 0.25) is 0 Å². The van der Waals surface area contributed by atoms with Gasteiger partial charge >= 0.3 is 5.97 Å². The van der Waals surface area contributed by atoms with Gasteiger partial charge in [0.05, 0.1) is 12.2 Å². The Kier molecular flexibility index (Phi) is 3.50. The van der Waals surface area contributed by atoms with Crippen molar-refractivity contribution >= 4 is 5.97 Å². The fraction of sp³-hybridized carbons (Fsp3) is 0.900. The second-order valence-corrected chi connectivity index (χ2v) is 4.23. The number of carboxylic acids is 1. The van der Waals surface area contributed by atoms with E-state index in [2.05, 4.69) is 13.8 Å². The van der Waals surface area contributed by atoms with E-state index in [9.17, 15) is 9.90 Å². The quantitative estimate of drug-likeness (QED) is 0.697. The van der Waals surface area contributed by atoms with Gasteiger partial charge in [0.1, 0.15) is 0 Å². The van der Waals surface area contributed by atoms with Crippen LogP contribution in [0.1, 0.15) is 27.2 Å². The smallest absolute Gasteiger partial charge is 0.335 e. The molecule has 5 unspecified atom stereocenters. The molecule has 4 heteroatoms. The number of aliphatic carboxylic acids is 1. The molecular formula is C10H18O4. The molecule has 0 aromatic heterocycles. The first-order chi connectivity index (χ1) is 6.43. The molecule has 0 bridgehead atoms. The molecule has 82 valence electrons. The first kappa shape index (κ1) is 11.5. The fourth-order valence-electron chi connectivity index (χ4n) is 1.86. The summed E-state index contributed by atoms with van der Waals surface area (Å²) in [6.45, 7) is 6.06. The van der Waals surface area contributed by atoms with Gasteiger partial charge in [-0.2, -0.15) is 0 Å². The summed E-state index contributed by atoms with van der Waals surface area (Å²) < 4.78 is 5.46. The van der Waals surface area contributed by atoms with Crippen molar-refractivity contribution in [3.63, 3.8) is 0 Å². The standard InChI is InChI=1S/C10H18O4/c1-5-4-8(9(11)10(12)13)14-7(3)6(5)2/h5-9,11H,4H2,1-3H3,(H,12,13). The van der Waals surface area contributed by atoms with Crippen molar-refractivity contribution < 1.29 is 19.7 Å². The normalized spacial score (nSPS) is 40.6. The molecule has 0 aromatic rings. The van der Waals surface area contributed by atoms with Gasteiger partial charge in [-0.15, -0.1) is 0 Å². The van der Waals surface area contributed by atoms with Crippen molar-refractivity contribution in [3.8, 4) is 0 Å². The molecular weight excluding hydrogens is 184 g/mol. The molecule has 1 rings (SSSR count). The first-order valence-corrected chi connectivity index (χ1v) is 4.99. The largest absolute Gasteiger partial charge is 0.479 e. The second-order valence-electron chi connectivity index (χ2n) is 4.23. The Morgan fingerprint density at radius 2 is 2.00 bits per heavy atom. The van der Waals surface area contributed by atoms with Gasteiger partial charge in [-0.25, -0.2) is 4.79 Å². The van der Waals surface area contributed by atoms with E-state index < -0.39 is 18.2 Å². The number of aliphatic hydroxyl groups is 1. The molecule has 0 radical (unpaired) electrons. The van der Waals surface area contributed by atoms with Crippen molar-refractivity contribution in [2.24, 2.45) is 11.8 Å². The molecule has 1 aliphatic rings. The number of aliphatic hydroxyl groups excluding tert-OH is 1. The van der Waals surface area contributed by atoms with Crippen molar-refractivity contribution in [2.45, 2.75) is 45.5 Å². The van der Waals surface area contributed by atoms with Crippen LogP contribution in [-0.2, 0) is 9.53 Å². The average molecular weight is 202 g/mol. The number of ether oxygens (including phenoxy) is 1. The Morgan fingerprint density at radius 1 is 1.43 bits per heavy atom. The van der Waals surface area contributed by atoms with Crippen LogP contribution in [0.3, 0.4) is 0 Å². The van der Waals surface area contributed by atoms with Crippen LogP contribution >= 0.6 is 0 Å². The molecule has 0 amide bonds. The topological polar surface area (TPSA) is 66.8 Å². The van der Waals surface area contributed by atoms with Crippen LogP contribution in [0.25, 0.3) is 0 Å². The van der Waals surface area contributed by atoms with Gasteiger partial charge < -0.3 is 14.9 Å². The lowest BCUT2D eigenvalue weighted by molar-refractivity contribution is -0.171. The maximum Gasteiger partial charge on any atom is 0.335 e. The molecule has 0 aromatic carbocycles. The molecule has 1 aliphatic heterocycles. The van der Waals surface area contributed by atoms with Gasteiger partial charge in [-0.1, -0.05) is 13.8 Å². The molecule has 5 atom stereocenters.